The van der Waals surface area contributed by atoms with Crippen molar-refractivity contribution in [1.82, 2.24) is 0 Å². The van der Waals surface area contributed by atoms with Gasteiger partial charge in [0.1, 0.15) is 0 Å². The number of rotatable bonds is 5. The first-order valence-corrected chi connectivity index (χ1v) is 11.6. The maximum Gasteiger partial charge on any atom is 0.335 e. The Morgan fingerprint density at radius 1 is 1.10 bits per heavy atom. The van der Waals surface area contributed by atoms with Crippen molar-refractivity contribution in [2.75, 3.05) is 11.3 Å². The fourth-order valence-corrected chi connectivity index (χ4v) is 4.72. The van der Waals surface area contributed by atoms with Crippen molar-refractivity contribution >= 4 is 38.5 Å². The van der Waals surface area contributed by atoms with Gasteiger partial charge in [-0.3, -0.25) is 5.01 Å². The van der Waals surface area contributed by atoms with Gasteiger partial charge in [0, 0.05) is 17.6 Å². The van der Waals surface area contributed by atoms with Crippen molar-refractivity contribution in [2.45, 2.75) is 17.4 Å². The average Bonchev–Trinajstić information content (AvgIpc) is 3.37. The molecule has 1 atom stereocenters. The lowest BCUT2D eigenvalue weighted by atomic mass is 10.0. The smallest absolute Gasteiger partial charge is 0.335 e. The van der Waals surface area contributed by atoms with E-state index in [1.54, 1.807) is 59.9 Å². The summed E-state index contributed by atoms with van der Waals surface area (Å²) in [6.45, 7) is 0. The van der Waals surface area contributed by atoms with Crippen LogP contribution in [0.15, 0.2) is 76.0 Å². The maximum atomic E-state index is 11.7. The summed E-state index contributed by atoms with van der Waals surface area (Å²) < 4.78 is 23.4. The minimum absolute atomic E-state index is 0.00439. The van der Waals surface area contributed by atoms with Crippen LogP contribution in [0.2, 0.25) is 0 Å². The summed E-state index contributed by atoms with van der Waals surface area (Å²) in [5.74, 6) is -0.970. The zero-order chi connectivity index (χ0) is 20.6. The summed E-state index contributed by atoms with van der Waals surface area (Å²) >= 11 is 1.64. The Bertz CT molecular complexity index is 1170. The molecule has 1 aliphatic rings. The van der Waals surface area contributed by atoms with Crippen molar-refractivity contribution in [3.8, 4) is 0 Å². The Morgan fingerprint density at radius 3 is 2.34 bits per heavy atom. The first-order chi connectivity index (χ1) is 13.8. The van der Waals surface area contributed by atoms with Gasteiger partial charge < -0.3 is 5.11 Å². The number of aromatic carboxylic acids is 1. The number of benzene rings is 2. The highest BCUT2D eigenvalue weighted by atomic mass is 32.2. The molecule has 0 bridgehead atoms. The second-order valence-electron chi connectivity index (χ2n) is 6.78. The van der Waals surface area contributed by atoms with Crippen molar-refractivity contribution in [3.63, 3.8) is 0 Å². The number of hydrazone groups is 1. The molecule has 2 heterocycles. The minimum Gasteiger partial charge on any atom is -0.478 e. The molecule has 0 radical (unpaired) electrons. The lowest BCUT2D eigenvalue weighted by Crippen LogP contribution is -2.17. The number of carboxylic acid groups (broad SMARTS) is 1. The fraction of sp³-hybridized carbons (Fsp3) is 0.143. The topological polar surface area (TPSA) is 87.0 Å². The molecule has 1 unspecified atom stereocenters. The van der Waals surface area contributed by atoms with Crippen molar-refractivity contribution in [3.05, 3.63) is 82.0 Å². The standard InChI is InChI=1S/C21H18N2O4S2/c1-29(26,27)17-10-6-14(7-11-17)18-13-19(20-3-2-12-28-20)23(22-18)16-8-4-15(5-9-16)21(24)25/h2-12,19H,13H2,1H3,(H,24,25). The van der Waals surface area contributed by atoms with Gasteiger partial charge in [-0.2, -0.15) is 5.10 Å². The number of sulfone groups is 1. The molecule has 148 valence electrons. The summed E-state index contributed by atoms with van der Waals surface area (Å²) in [5, 5.41) is 17.8. The molecule has 1 aromatic heterocycles. The third kappa shape index (κ3) is 3.94. The van der Waals surface area contributed by atoms with Crippen molar-refractivity contribution in [2.24, 2.45) is 5.10 Å². The Kier molecular flexibility index (Phi) is 4.97. The molecule has 2 aromatic carbocycles. The highest BCUT2D eigenvalue weighted by Gasteiger charge is 2.30. The van der Waals surface area contributed by atoms with Crippen LogP contribution in [-0.2, 0) is 9.84 Å². The van der Waals surface area contributed by atoms with Crippen LogP contribution in [0.25, 0.3) is 0 Å². The van der Waals surface area contributed by atoms with E-state index >= 15 is 0 Å². The first kappa shape index (κ1) is 19.4. The normalized spacial score (nSPS) is 16.7. The number of nitrogens with zero attached hydrogens (tertiary/aromatic N) is 2. The predicted molar refractivity (Wildman–Crippen MR) is 114 cm³/mol. The molecule has 4 rings (SSSR count). The van der Waals surface area contributed by atoms with Crippen LogP contribution in [0.1, 0.15) is 33.3 Å². The first-order valence-electron chi connectivity index (χ1n) is 8.87. The quantitative estimate of drug-likeness (QED) is 0.661. The highest BCUT2D eigenvalue weighted by Crippen LogP contribution is 2.38. The monoisotopic (exact) mass is 426 g/mol. The van der Waals surface area contributed by atoms with E-state index in [1.807, 2.05) is 16.5 Å². The van der Waals surface area contributed by atoms with E-state index in [0.717, 1.165) is 21.8 Å². The zero-order valence-electron chi connectivity index (χ0n) is 15.5. The van der Waals surface area contributed by atoms with Gasteiger partial charge in [-0.05, 0) is 53.4 Å². The molecule has 0 aliphatic carbocycles. The predicted octanol–water partition coefficient (Wildman–Crippen LogP) is 4.21. The number of anilines is 1. The van der Waals surface area contributed by atoms with Crippen molar-refractivity contribution in [1.29, 1.82) is 0 Å². The zero-order valence-corrected chi connectivity index (χ0v) is 17.2. The summed E-state index contributed by atoms with van der Waals surface area (Å²) in [7, 11) is -3.25. The molecule has 0 spiro atoms. The largest absolute Gasteiger partial charge is 0.478 e. The summed E-state index contributed by atoms with van der Waals surface area (Å²) in [4.78, 5) is 12.6. The SMILES string of the molecule is CS(=O)(=O)c1ccc(C2=NN(c3ccc(C(=O)O)cc3)C(c3cccs3)C2)cc1. The van der Waals surface area contributed by atoms with E-state index in [9.17, 15) is 13.2 Å². The van der Waals surface area contributed by atoms with Crippen LogP contribution in [0.5, 0.6) is 0 Å². The Hall–Kier alpha value is -2.97. The van der Waals surface area contributed by atoms with Gasteiger partial charge in [-0.25, -0.2) is 13.2 Å². The molecule has 0 saturated heterocycles. The molecule has 3 aromatic rings. The number of carbonyl (C=O) groups is 1. The van der Waals surface area contributed by atoms with E-state index < -0.39 is 15.8 Å². The lowest BCUT2D eigenvalue weighted by Gasteiger charge is -2.22. The van der Waals surface area contributed by atoms with Gasteiger partial charge in [-0.15, -0.1) is 11.3 Å². The number of hydrogen-bond acceptors (Lipinski definition) is 6. The Morgan fingerprint density at radius 2 is 1.79 bits per heavy atom. The van der Waals surface area contributed by atoms with E-state index in [0.29, 0.717) is 6.42 Å². The molecule has 1 aliphatic heterocycles. The van der Waals surface area contributed by atoms with Gasteiger partial charge in [-0.1, -0.05) is 18.2 Å². The Labute approximate surface area is 172 Å². The van der Waals surface area contributed by atoms with E-state index in [-0.39, 0.29) is 16.5 Å². The lowest BCUT2D eigenvalue weighted by molar-refractivity contribution is 0.0697. The summed E-state index contributed by atoms with van der Waals surface area (Å²) in [6.07, 6.45) is 1.85. The van der Waals surface area contributed by atoms with Crippen LogP contribution in [0, 0.1) is 0 Å². The summed E-state index contributed by atoms with van der Waals surface area (Å²) in [5.41, 5.74) is 2.74. The third-order valence-electron chi connectivity index (χ3n) is 4.78. The van der Waals surface area contributed by atoms with Gasteiger partial charge in [0.2, 0.25) is 0 Å². The van der Waals surface area contributed by atoms with Crippen molar-refractivity contribution < 1.29 is 18.3 Å². The molecular formula is C21H18N2O4S2. The van der Waals surface area contributed by atoms with Gasteiger partial charge in [0.15, 0.2) is 9.84 Å². The molecule has 1 N–H and O–H groups in total. The van der Waals surface area contributed by atoms with Crippen LogP contribution >= 0.6 is 11.3 Å². The molecule has 0 saturated carbocycles. The van der Waals surface area contributed by atoms with Gasteiger partial charge in [0.05, 0.1) is 27.9 Å². The van der Waals surface area contributed by atoms with Crippen LogP contribution in [0.4, 0.5) is 5.69 Å². The van der Waals surface area contributed by atoms with Crippen LogP contribution < -0.4 is 5.01 Å². The molecule has 0 amide bonds. The van der Waals surface area contributed by atoms with Gasteiger partial charge in [0.25, 0.3) is 0 Å². The van der Waals surface area contributed by atoms with E-state index in [4.69, 9.17) is 10.2 Å². The minimum atomic E-state index is -3.25. The molecule has 0 fully saturated rings. The third-order valence-corrected chi connectivity index (χ3v) is 6.88. The molecule has 8 heteroatoms. The van der Waals surface area contributed by atoms with Gasteiger partial charge >= 0.3 is 5.97 Å². The second kappa shape index (κ2) is 7.46. The number of thiophene rings is 1. The molecule has 6 nitrogen and oxygen atoms in total. The molecule has 29 heavy (non-hydrogen) atoms. The average molecular weight is 427 g/mol. The summed E-state index contributed by atoms with van der Waals surface area (Å²) in [6, 6.07) is 17.4. The van der Waals surface area contributed by atoms with E-state index in [1.165, 1.54) is 6.26 Å². The maximum absolute atomic E-state index is 11.7. The second-order valence-corrected chi connectivity index (χ2v) is 9.77. The van der Waals surface area contributed by atoms with Crippen LogP contribution in [-0.4, -0.2) is 31.5 Å². The number of carboxylic acids is 1. The highest BCUT2D eigenvalue weighted by molar-refractivity contribution is 7.90. The van der Waals surface area contributed by atoms with Crippen LogP contribution in [0.3, 0.4) is 0 Å². The fourth-order valence-electron chi connectivity index (χ4n) is 3.28. The van der Waals surface area contributed by atoms with E-state index in [2.05, 4.69) is 6.07 Å². The number of hydrogen-bond donors (Lipinski definition) is 1. The Balaban J connectivity index is 1.70. The molecular weight excluding hydrogens is 408 g/mol.